The van der Waals surface area contributed by atoms with Crippen LogP contribution in [-0.2, 0) is 0 Å². The molecule has 0 bridgehead atoms. The first-order valence-electron chi connectivity index (χ1n) is 6.91. The lowest BCUT2D eigenvalue weighted by Crippen LogP contribution is -2.17. The van der Waals surface area contributed by atoms with Crippen molar-refractivity contribution in [1.29, 1.82) is 0 Å². The maximum atomic E-state index is 11.9. The topological polar surface area (TPSA) is 80.2 Å². The number of hydrazone groups is 1. The summed E-state index contributed by atoms with van der Waals surface area (Å²) in [4.78, 5) is 11.9. The van der Waals surface area contributed by atoms with Crippen LogP contribution in [0.15, 0.2) is 41.5 Å². The molecule has 23 heavy (non-hydrogen) atoms. The summed E-state index contributed by atoms with van der Waals surface area (Å²) >= 11 is 0. The van der Waals surface area contributed by atoms with E-state index in [1.165, 1.54) is 18.3 Å². The zero-order valence-corrected chi connectivity index (χ0v) is 13.2. The van der Waals surface area contributed by atoms with Crippen LogP contribution >= 0.6 is 0 Å². The Morgan fingerprint density at radius 2 is 2.00 bits per heavy atom. The summed E-state index contributed by atoms with van der Waals surface area (Å²) in [6.07, 6.45) is 1.49. The minimum Gasteiger partial charge on any atom is -0.508 e. The molecule has 0 aromatic heterocycles. The van der Waals surface area contributed by atoms with Gasteiger partial charge in [0, 0.05) is 16.7 Å². The highest BCUT2D eigenvalue weighted by molar-refractivity contribution is 5.95. The van der Waals surface area contributed by atoms with E-state index in [2.05, 4.69) is 10.5 Å². The van der Waals surface area contributed by atoms with Gasteiger partial charge in [0.05, 0.1) is 20.4 Å². The van der Waals surface area contributed by atoms with Crippen molar-refractivity contribution < 1.29 is 19.4 Å². The van der Waals surface area contributed by atoms with Crippen LogP contribution in [0.3, 0.4) is 0 Å². The van der Waals surface area contributed by atoms with Crippen LogP contribution in [0.1, 0.15) is 21.5 Å². The van der Waals surface area contributed by atoms with E-state index < -0.39 is 5.91 Å². The Balaban J connectivity index is 2.14. The van der Waals surface area contributed by atoms with Gasteiger partial charge in [0.25, 0.3) is 5.91 Å². The largest absolute Gasteiger partial charge is 0.508 e. The molecule has 120 valence electrons. The SMILES string of the molecule is COc1ccc(C=NNC(=O)c2cccc(O)c2)c(OC)c1C. The number of hydrogen-bond acceptors (Lipinski definition) is 5. The molecule has 2 aromatic rings. The first-order chi connectivity index (χ1) is 11.1. The average Bonchev–Trinajstić information content (AvgIpc) is 2.55. The fraction of sp³-hybridized carbons (Fsp3) is 0.176. The Morgan fingerprint density at radius 3 is 2.65 bits per heavy atom. The van der Waals surface area contributed by atoms with Crippen molar-refractivity contribution in [2.24, 2.45) is 5.10 Å². The third-order valence-electron chi connectivity index (χ3n) is 3.29. The van der Waals surface area contributed by atoms with Gasteiger partial charge in [-0.25, -0.2) is 5.43 Å². The fourth-order valence-electron chi connectivity index (χ4n) is 2.16. The van der Waals surface area contributed by atoms with Gasteiger partial charge in [0.1, 0.15) is 17.2 Å². The quantitative estimate of drug-likeness (QED) is 0.656. The Morgan fingerprint density at radius 1 is 1.22 bits per heavy atom. The number of phenolic OH excluding ortho intramolecular Hbond substituents is 1. The summed E-state index contributed by atoms with van der Waals surface area (Å²) < 4.78 is 10.6. The summed E-state index contributed by atoms with van der Waals surface area (Å²) in [6.45, 7) is 1.88. The third-order valence-corrected chi connectivity index (χ3v) is 3.29. The highest BCUT2D eigenvalue weighted by Crippen LogP contribution is 2.30. The van der Waals surface area contributed by atoms with Crippen molar-refractivity contribution in [3.63, 3.8) is 0 Å². The molecule has 2 aromatic carbocycles. The van der Waals surface area contributed by atoms with Crippen molar-refractivity contribution in [1.82, 2.24) is 5.43 Å². The zero-order chi connectivity index (χ0) is 16.8. The first kappa shape index (κ1) is 16.4. The van der Waals surface area contributed by atoms with E-state index in [1.807, 2.05) is 6.92 Å². The molecular formula is C17H18N2O4. The number of carbonyl (C=O) groups is 1. The monoisotopic (exact) mass is 314 g/mol. The van der Waals surface area contributed by atoms with Gasteiger partial charge in [-0.2, -0.15) is 5.10 Å². The van der Waals surface area contributed by atoms with Crippen LogP contribution in [0.4, 0.5) is 0 Å². The van der Waals surface area contributed by atoms with Gasteiger partial charge in [0.15, 0.2) is 0 Å². The second-order valence-corrected chi connectivity index (χ2v) is 4.76. The molecule has 0 saturated heterocycles. The smallest absolute Gasteiger partial charge is 0.271 e. The molecule has 0 radical (unpaired) electrons. The van der Waals surface area contributed by atoms with Crippen LogP contribution in [0.5, 0.6) is 17.2 Å². The van der Waals surface area contributed by atoms with Gasteiger partial charge in [-0.1, -0.05) is 6.07 Å². The summed E-state index contributed by atoms with van der Waals surface area (Å²) in [5.74, 6) is 0.943. The highest BCUT2D eigenvalue weighted by atomic mass is 16.5. The van der Waals surface area contributed by atoms with E-state index >= 15 is 0 Å². The van der Waals surface area contributed by atoms with E-state index in [9.17, 15) is 9.90 Å². The van der Waals surface area contributed by atoms with Crippen molar-refractivity contribution in [2.75, 3.05) is 14.2 Å². The lowest BCUT2D eigenvalue weighted by molar-refractivity contribution is 0.0954. The predicted molar refractivity (Wildman–Crippen MR) is 87.5 cm³/mol. The van der Waals surface area contributed by atoms with E-state index in [-0.39, 0.29) is 5.75 Å². The number of ether oxygens (including phenoxy) is 2. The van der Waals surface area contributed by atoms with E-state index in [1.54, 1.807) is 38.5 Å². The number of phenols is 1. The second-order valence-electron chi connectivity index (χ2n) is 4.76. The maximum absolute atomic E-state index is 11.9. The predicted octanol–water partition coefficient (Wildman–Crippen LogP) is 2.48. The molecular weight excluding hydrogens is 296 g/mol. The summed E-state index contributed by atoms with van der Waals surface area (Å²) in [7, 11) is 3.15. The number of nitrogens with one attached hydrogen (secondary N) is 1. The average molecular weight is 314 g/mol. The number of methoxy groups -OCH3 is 2. The third kappa shape index (κ3) is 3.79. The molecule has 2 N–H and O–H groups in total. The number of hydrogen-bond donors (Lipinski definition) is 2. The number of benzene rings is 2. The second kappa shape index (κ2) is 7.31. The van der Waals surface area contributed by atoms with Gasteiger partial charge < -0.3 is 14.6 Å². The van der Waals surface area contributed by atoms with Crippen molar-refractivity contribution in [3.05, 3.63) is 53.1 Å². The van der Waals surface area contributed by atoms with Gasteiger partial charge in [-0.3, -0.25) is 4.79 Å². The number of aromatic hydroxyl groups is 1. The molecule has 0 unspecified atom stereocenters. The van der Waals surface area contributed by atoms with Crippen LogP contribution in [-0.4, -0.2) is 31.4 Å². The molecule has 1 amide bonds. The summed E-state index contributed by atoms with van der Waals surface area (Å²) in [5.41, 5.74) is 4.28. The minimum absolute atomic E-state index is 0.0223. The normalized spacial score (nSPS) is 10.6. The minimum atomic E-state index is -0.415. The lowest BCUT2D eigenvalue weighted by atomic mass is 10.1. The summed E-state index contributed by atoms with van der Waals surface area (Å²) in [5, 5.41) is 13.3. The molecule has 0 aliphatic carbocycles. The molecule has 0 heterocycles. The van der Waals surface area contributed by atoms with E-state index in [4.69, 9.17) is 9.47 Å². The van der Waals surface area contributed by atoms with Crippen molar-refractivity contribution in [3.8, 4) is 17.2 Å². The molecule has 0 spiro atoms. The molecule has 6 heteroatoms. The van der Waals surface area contributed by atoms with E-state index in [0.29, 0.717) is 22.6 Å². The summed E-state index contributed by atoms with van der Waals surface area (Å²) in [6, 6.07) is 9.62. The van der Waals surface area contributed by atoms with Crippen LogP contribution in [0.2, 0.25) is 0 Å². The Bertz CT molecular complexity index is 741. The van der Waals surface area contributed by atoms with Crippen molar-refractivity contribution >= 4 is 12.1 Å². The van der Waals surface area contributed by atoms with Gasteiger partial charge in [0.2, 0.25) is 0 Å². The molecule has 2 rings (SSSR count). The van der Waals surface area contributed by atoms with Crippen LogP contribution in [0.25, 0.3) is 0 Å². The van der Waals surface area contributed by atoms with Gasteiger partial charge in [-0.05, 0) is 37.3 Å². The first-order valence-corrected chi connectivity index (χ1v) is 6.91. The van der Waals surface area contributed by atoms with Crippen molar-refractivity contribution in [2.45, 2.75) is 6.92 Å². The Kier molecular flexibility index (Phi) is 5.19. The molecule has 0 aliphatic rings. The lowest BCUT2D eigenvalue weighted by Gasteiger charge is -2.11. The fourth-order valence-corrected chi connectivity index (χ4v) is 2.16. The Labute approximate surface area is 134 Å². The van der Waals surface area contributed by atoms with E-state index in [0.717, 1.165) is 5.56 Å². The number of carbonyl (C=O) groups excluding carboxylic acids is 1. The standard InChI is InChI=1S/C17H18N2O4/c1-11-15(22-2)8-7-13(16(11)23-3)10-18-19-17(21)12-5-4-6-14(20)9-12/h4-10,20H,1-3H3,(H,19,21). The molecule has 0 fully saturated rings. The number of nitrogens with zero attached hydrogens (tertiary/aromatic N) is 1. The zero-order valence-electron chi connectivity index (χ0n) is 13.2. The highest BCUT2D eigenvalue weighted by Gasteiger charge is 2.10. The van der Waals surface area contributed by atoms with Crippen LogP contribution in [0, 0.1) is 6.92 Å². The van der Waals surface area contributed by atoms with Gasteiger partial charge in [-0.15, -0.1) is 0 Å². The molecule has 0 aliphatic heterocycles. The molecule has 0 saturated carbocycles. The van der Waals surface area contributed by atoms with Gasteiger partial charge >= 0.3 is 0 Å². The molecule has 6 nitrogen and oxygen atoms in total. The Hall–Kier alpha value is -3.02. The maximum Gasteiger partial charge on any atom is 0.271 e. The number of amides is 1. The van der Waals surface area contributed by atoms with Crippen LogP contribution < -0.4 is 14.9 Å². The number of rotatable bonds is 5. The molecule has 0 atom stereocenters.